The Morgan fingerprint density at radius 2 is 1.83 bits per heavy atom. The summed E-state index contributed by atoms with van der Waals surface area (Å²) in [6.07, 6.45) is -0.957. The van der Waals surface area contributed by atoms with Gasteiger partial charge in [-0.2, -0.15) is 0 Å². The molecule has 94 valence electrons. The highest BCUT2D eigenvalue weighted by molar-refractivity contribution is 9.10. The van der Waals surface area contributed by atoms with Gasteiger partial charge in [0.1, 0.15) is 11.9 Å². The molecule has 0 aromatic heterocycles. The smallest absolute Gasteiger partial charge is 0.129 e. The van der Waals surface area contributed by atoms with Crippen molar-refractivity contribution in [3.8, 4) is 0 Å². The maximum atomic E-state index is 14.0. The van der Waals surface area contributed by atoms with Crippen molar-refractivity contribution in [1.82, 2.24) is 0 Å². The van der Waals surface area contributed by atoms with Crippen LogP contribution in [0.2, 0.25) is 0 Å². The van der Waals surface area contributed by atoms with E-state index in [1.54, 1.807) is 6.07 Å². The fraction of sp³-hybridized carbons (Fsp3) is 0.200. The van der Waals surface area contributed by atoms with E-state index in [9.17, 15) is 9.50 Å². The van der Waals surface area contributed by atoms with Gasteiger partial charge in [-0.05, 0) is 42.7 Å². The maximum absolute atomic E-state index is 14.0. The quantitative estimate of drug-likeness (QED) is 0.877. The van der Waals surface area contributed by atoms with Gasteiger partial charge in [0.15, 0.2) is 0 Å². The third-order valence-corrected chi connectivity index (χ3v) is 3.68. The number of benzene rings is 2. The molecule has 1 atom stereocenters. The van der Waals surface area contributed by atoms with Gasteiger partial charge in [-0.25, -0.2) is 4.39 Å². The van der Waals surface area contributed by atoms with Crippen molar-refractivity contribution in [2.45, 2.75) is 20.0 Å². The molecule has 0 heterocycles. The number of rotatable bonds is 2. The van der Waals surface area contributed by atoms with E-state index < -0.39 is 6.10 Å². The lowest BCUT2D eigenvalue weighted by Crippen LogP contribution is -2.06. The molecule has 18 heavy (non-hydrogen) atoms. The first-order valence-corrected chi connectivity index (χ1v) is 6.49. The van der Waals surface area contributed by atoms with Crippen molar-refractivity contribution >= 4 is 15.9 Å². The van der Waals surface area contributed by atoms with Crippen LogP contribution >= 0.6 is 15.9 Å². The molecule has 0 spiro atoms. The Labute approximate surface area is 114 Å². The van der Waals surface area contributed by atoms with E-state index in [1.807, 2.05) is 38.1 Å². The average molecular weight is 309 g/mol. The molecule has 0 bridgehead atoms. The van der Waals surface area contributed by atoms with Crippen molar-refractivity contribution in [2.24, 2.45) is 0 Å². The van der Waals surface area contributed by atoms with Gasteiger partial charge < -0.3 is 5.11 Å². The molecular weight excluding hydrogens is 295 g/mol. The van der Waals surface area contributed by atoms with E-state index in [1.165, 1.54) is 6.07 Å². The predicted molar refractivity (Wildman–Crippen MR) is 74.1 cm³/mol. The van der Waals surface area contributed by atoms with Crippen LogP contribution in [0.15, 0.2) is 40.9 Å². The van der Waals surface area contributed by atoms with E-state index in [0.717, 1.165) is 15.6 Å². The Morgan fingerprint density at radius 1 is 1.17 bits per heavy atom. The lowest BCUT2D eigenvalue weighted by atomic mass is 9.95. The predicted octanol–water partition coefficient (Wildman–Crippen LogP) is 4.29. The molecule has 0 amide bonds. The second kappa shape index (κ2) is 5.21. The van der Waals surface area contributed by atoms with E-state index in [-0.39, 0.29) is 5.82 Å². The minimum Gasteiger partial charge on any atom is -0.383 e. The summed E-state index contributed by atoms with van der Waals surface area (Å²) >= 11 is 3.38. The van der Waals surface area contributed by atoms with Crippen LogP contribution in [-0.4, -0.2) is 5.11 Å². The highest BCUT2D eigenvalue weighted by atomic mass is 79.9. The van der Waals surface area contributed by atoms with Crippen LogP contribution < -0.4 is 0 Å². The third kappa shape index (κ3) is 2.47. The van der Waals surface area contributed by atoms with Crippen LogP contribution in [0.25, 0.3) is 0 Å². The molecule has 2 rings (SSSR count). The standard InChI is InChI=1S/C15H14BrFO/c1-9-7-10(2)14(13(17)8-9)15(18)11-5-3-4-6-12(11)16/h3-8,15,18H,1-2H3. The van der Waals surface area contributed by atoms with E-state index in [0.29, 0.717) is 11.1 Å². The van der Waals surface area contributed by atoms with Crippen molar-refractivity contribution in [2.75, 3.05) is 0 Å². The molecular formula is C15H14BrFO. The average Bonchev–Trinajstić information content (AvgIpc) is 2.27. The summed E-state index contributed by atoms with van der Waals surface area (Å²) in [7, 11) is 0. The number of hydrogen-bond acceptors (Lipinski definition) is 1. The van der Waals surface area contributed by atoms with Crippen molar-refractivity contribution in [3.63, 3.8) is 0 Å². The molecule has 1 nitrogen and oxygen atoms in total. The Bertz CT molecular complexity index is 557. The van der Waals surface area contributed by atoms with Gasteiger partial charge in [0, 0.05) is 10.0 Å². The summed E-state index contributed by atoms with van der Waals surface area (Å²) in [6, 6.07) is 10.6. The first-order chi connectivity index (χ1) is 8.50. The molecule has 0 aliphatic heterocycles. The minimum atomic E-state index is -0.957. The zero-order valence-corrected chi connectivity index (χ0v) is 11.8. The summed E-state index contributed by atoms with van der Waals surface area (Å²) in [5, 5.41) is 10.4. The Balaban J connectivity index is 2.53. The molecule has 1 unspecified atom stereocenters. The van der Waals surface area contributed by atoms with Crippen LogP contribution in [-0.2, 0) is 0 Å². The van der Waals surface area contributed by atoms with E-state index >= 15 is 0 Å². The fourth-order valence-electron chi connectivity index (χ4n) is 2.13. The third-order valence-electron chi connectivity index (χ3n) is 2.95. The van der Waals surface area contributed by atoms with E-state index in [4.69, 9.17) is 0 Å². The zero-order chi connectivity index (χ0) is 13.3. The highest BCUT2D eigenvalue weighted by Gasteiger charge is 2.19. The summed E-state index contributed by atoms with van der Waals surface area (Å²) in [6.45, 7) is 3.65. The first kappa shape index (κ1) is 13.2. The molecule has 0 radical (unpaired) electrons. The second-order valence-electron chi connectivity index (χ2n) is 4.40. The molecule has 0 fully saturated rings. The summed E-state index contributed by atoms with van der Waals surface area (Å²) in [5.41, 5.74) is 2.62. The summed E-state index contributed by atoms with van der Waals surface area (Å²) in [4.78, 5) is 0. The number of aliphatic hydroxyl groups is 1. The van der Waals surface area contributed by atoms with Crippen LogP contribution in [0.3, 0.4) is 0 Å². The minimum absolute atomic E-state index is 0.340. The Kier molecular flexibility index (Phi) is 3.83. The van der Waals surface area contributed by atoms with Crippen molar-refractivity contribution in [1.29, 1.82) is 0 Å². The van der Waals surface area contributed by atoms with Crippen molar-refractivity contribution in [3.05, 3.63) is 68.9 Å². The molecule has 2 aromatic carbocycles. The van der Waals surface area contributed by atoms with Gasteiger partial charge in [0.05, 0.1) is 0 Å². The molecule has 2 aromatic rings. The SMILES string of the molecule is Cc1cc(C)c(C(O)c2ccccc2Br)c(F)c1. The van der Waals surface area contributed by atoms with Crippen LogP contribution in [0.1, 0.15) is 28.4 Å². The Hall–Kier alpha value is -1.19. The van der Waals surface area contributed by atoms with Gasteiger partial charge >= 0.3 is 0 Å². The van der Waals surface area contributed by atoms with Gasteiger partial charge in [0.2, 0.25) is 0 Å². The number of halogens is 2. The number of aliphatic hydroxyl groups excluding tert-OH is 1. The number of hydrogen-bond donors (Lipinski definition) is 1. The lowest BCUT2D eigenvalue weighted by Gasteiger charge is -2.17. The lowest BCUT2D eigenvalue weighted by molar-refractivity contribution is 0.213. The van der Waals surface area contributed by atoms with Gasteiger partial charge in [0.25, 0.3) is 0 Å². The Morgan fingerprint density at radius 3 is 2.44 bits per heavy atom. The molecule has 1 N–H and O–H groups in total. The fourth-order valence-corrected chi connectivity index (χ4v) is 2.63. The highest BCUT2D eigenvalue weighted by Crippen LogP contribution is 2.32. The van der Waals surface area contributed by atoms with Gasteiger partial charge in [-0.3, -0.25) is 0 Å². The zero-order valence-electron chi connectivity index (χ0n) is 10.2. The number of aryl methyl sites for hydroxylation is 2. The second-order valence-corrected chi connectivity index (χ2v) is 5.26. The van der Waals surface area contributed by atoms with Gasteiger partial charge in [-0.1, -0.05) is 40.2 Å². The van der Waals surface area contributed by atoms with Crippen LogP contribution in [0, 0.1) is 19.7 Å². The van der Waals surface area contributed by atoms with E-state index in [2.05, 4.69) is 15.9 Å². The molecule has 0 aliphatic rings. The van der Waals surface area contributed by atoms with Crippen molar-refractivity contribution < 1.29 is 9.50 Å². The summed E-state index contributed by atoms with van der Waals surface area (Å²) < 4.78 is 14.8. The van der Waals surface area contributed by atoms with Crippen LogP contribution in [0.5, 0.6) is 0 Å². The van der Waals surface area contributed by atoms with Gasteiger partial charge in [-0.15, -0.1) is 0 Å². The van der Waals surface area contributed by atoms with Crippen LogP contribution in [0.4, 0.5) is 4.39 Å². The molecule has 0 saturated carbocycles. The normalized spacial score (nSPS) is 12.5. The monoisotopic (exact) mass is 308 g/mol. The maximum Gasteiger partial charge on any atom is 0.129 e. The topological polar surface area (TPSA) is 20.2 Å². The largest absolute Gasteiger partial charge is 0.383 e. The first-order valence-electron chi connectivity index (χ1n) is 5.70. The molecule has 3 heteroatoms. The molecule has 0 aliphatic carbocycles. The summed E-state index contributed by atoms with van der Waals surface area (Å²) in [5.74, 6) is -0.365. The molecule has 0 saturated heterocycles.